The van der Waals surface area contributed by atoms with Crippen LogP contribution in [0.15, 0.2) is 54.6 Å². The second-order valence-corrected chi connectivity index (χ2v) is 7.66. The van der Waals surface area contributed by atoms with E-state index in [1.165, 1.54) is 12.1 Å². The number of piperidine rings is 1. The van der Waals surface area contributed by atoms with Crippen LogP contribution in [-0.2, 0) is 11.5 Å². The summed E-state index contributed by atoms with van der Waals surface area (Å²) in [6.07, 6.45) is -0.834. The van der Waals surface area contributed by atoms with Crippen molar-refractivity contribution in [3.63, 3.8) is 0 Å². The molecule has 1 aliphatic rings. The Bertz CT molecular complexity index is 997. The van der Waals surface area contributed by atoms with E-state index >= 15 is 0 Å². The molecule has 1 saturated heterocycles. The molecule has 0 spiro atoms. The Balaban J connectivity index is 1.32. The molecule has 2 heterocycles. The molecule has 0 amide bonds. The molecule has 0 saturated carbocycles. The highest BCUT2D eigenvalue weighted by Gasteiger charge is 2.31. The summed E-state index contributed by atoms with van der Waals surface area (Å²) in [6.45, 7) is 1.74. The van der Waals surface area contributed by atoms with Gasteiger partial charge in [-0.25, -0.2) is 4.98 Å². The van der Waals surface area contributed by atoms with E-state index in [2.05, 4.69) is 14.6 Å². The zero-order valence-electron chi connectivity index (χ0n) is 16.4. The fourth-order valence-corrected chi connectivity index (χ4v) is 4.09. The predicted molar refractivity (Wildman–Crippen MR) is 108 cm³/mol. The lowest BCUT2D eigenvalue weighted by Gasteiger charge is -2.34. The van der Waals surface area contributed by atoms with Crippen LogP contribution in [0.2, 0.25) is 0 Å². The van der Waals surface area contributed by atoms with E-state index in [4.69, 9.17) is 0 Å². The van der Waals surface area contributed by atoms with Crippen LogP contribution in [0.3, 0.4) is 0 Å². The number of para-hydroxylation sites is 1. The number of anilines is 1. The summed E-state index contributed by atoms with van der Waals surface area (Å²) in [5, 5.41) is 13.0. The van der Waals surface area contributed by atoms with Crippen LogP contribution in [0.5, 0.6) is 11.6 Å². The molecule has 157 valence electrons. The Kier molecular flexibility index (Phi) is 5.70. The minimum atomic E-state index is -4.66. The van der Waals surface area contributed by atoms with Crippen LogP contribution < -0.4 is 9.64 Å². The van der Waals surface area contributed by atoms with Crippen molar-refractivity contribution < 1.29 is 23.0 Å². The summed E-state index contributed by atoms with van der Waals surface area (Å²) in [7, 11) is 0. The molecule has 1 aromatic heterocycles. The largest absolute Gasteiger partial charge is 0.573 e. The fourth-order valence-electron chi connectivity index (χ4n) is 4.09. The monoisotopic (exact) mass is 415 g/mol. The van der Waals surface area contributed by atoms with Gasteiger partial charge in [-0.1, -0.05) is 30.3 Å². The van der Waals surface area contributed by atoms with Crippen molar-refractivity contribution in [2.45, 2.75) is 32.0 Å². The molecule has 30 heavy (non-hydrogen) atoms. The number of hydrogen-bond donors (Lipinski definition) is 0. The molecular weight excluding hydrogens is 393 g/mol. The van der Waals surface area contributed by atoms with E-state index in [1.54, 1.807) is 18.2 Å². The summed E-state index contributed by atoms with van der Waals surface area (Å²) < 4.78 is 40.7. The fraction of sp³-hybridized carbons (Fsp3) is 0.348. The molecule has 0 unspecified atom stereocenters. The third-order valence-corrected chi connectivity index (χ3v) is 5.62. The van der Waals surface area contributed by atoms with E-state index in [0.29, 0.717) is 5.92 Å². The Morgan fingerprint density at radius 3 is 2.43 bits per heavy atom. The highest BCUT2D eigenvalue weighted by Crippen LogP contribution is 2.33. The minimum Gasteiger partial charge on any atom is -0.406 e. The van der Waals surface area contributed by atoms with Gasteiger partial charge in [0, 0.05) is 24.5 Å². The second-order valence-electron chi connectivity index (χ2n) is 7.66. The maximum atomic E-state index is 12.2. The van der Waals surface area contributed by atoms with Gasteiger partial charge < -0.3 is 9.64 Å². The summed E-state index contributed by atoms with van der Waals surface area (Å²) in [4.78, 5) is 6.34. The van der Waals surface area contributed by atoms with Crippen molar-refractivity contribution >= 4 is 16.6 Å². The van der Waals surface area contributed by atoms with Gasteiger partial charge in [0.05, 0.1) is 11.2 Å². The first-order valence-corrected chi connectivity index (χ1v) is 10.0. The van der Waals surface area contributed by atoms with Crippen LogP contribution >= 0.6 is 0 Å². The van der Waals surface area contributed by atoms with Crippen molar-refractivity contribution in [2.75, 3.05) is 18.0 Å². The number of ether oxygens (including phenoxy) is 1. The number of aromatic nitrogens is 1. The Morgan fingerprint density at radius 2 is 1.73 bits per heavy atom. The molecule has 7 heteroatoms. The number of alkyl halides is 3. The lowest BCUT2D eigenvalue weighted by Crippen LogP contribution is -2.34. The molecule has 3 aromatic rings. The van der Waals surface area contributed by atoms with Crippen LogP contribution in [0.1, 0.15) is 24.8 Å². The van der Waals surface area contributed by atoms with Crippen molar-refractivity contribution in [1.82, 2.24) is 4.98 Å². The maximum Gasteiger partial charge on any atom is 0.573 e. The first-order valence-electron chi connectivity index (χ1n) is 10.0. The van der Waals surface area contributed by atoms with Gasteiger partial charge in [-0.2, -0.15) is 0 Å². The maximum absolute atomic E-state index is 12.2. The van der Waals surface area contributed by atoms with E-state index in [0.717, 1.165) is 60.9 Å². The van der Waals surface area contributed by atoms with Gasteiger partial charge in [0.1, 0.15) is 5.75 Å². The average Bonchev–Trinajstić information content (AvgIpc) is 2.72. The smallest absolute Gasteiger partial charge is 0.406 e. The summed E-state index contributed by atoms with van der Waals surface area (Å²) >= 11 is 0. The zero-order chi connectivity index (χ0) is 21.1. The van der Waals surface area contributed by atoms with E-state index in [1.807, 2.05) is 24.3 Å². The number of fused-ring (bicyclic) bond motifs is 1. The standard InChI is InChI=1S/C23H22F3N2O2/c24-23(25,26)30-18-9-7-16(8-10-18)5-6-17-11-13-28(14-12-17)21-15-22(29)27-20-4-2-1-3-19(20)21/h1-4,7-10,15,17H,5-6,11-14H2. The van der Waals surface area contributed by atoms with Crippen LogP contribution in [-0.4, -0.2) is 24.4 Å². The predicted octanol–water partition coefficient (Wildman–Crippen LogP) is 6.13. The van der Waals surface area contributed by atoms with Gasteiger partial charge in [-0.3, -0.25) is 5.11 Å². The number of aryl methyl sites for hydroxylation is 1. The topological polar surface area (TPSA) is 45.3 Å². The molecule has 2 aromatic carbocycles. The molecule has 1 aliphatic heterocycles. The highest BCUT2D eigenvalue weighted by atomic mass is 19.4. The van der Waals surface area contributed by atoms with Crippen molar-refractivity contribution in [3.8, 4) is 11.6 Å². The number of nitrogens with zero attached hydrogens (tertiary/aromatic N) is 2. The number of hydrogen-bond acceptors (Lipinski definition) is 3. The molecule has 4 rings (SSSR count). The van der Waals surface area contributed by atoms with Gasteiger partial charge in [-0.05, 0) is 55.4 Å². The van der Waals surface area contributed by atoms with Crippen molar-refractivity contribution in [2.24, 2.45) is 5.92 Å². The van der Waals surface area contributed by atoms with E-state index in [-0.39, 0.29) is 11.6 Å². The van der Waals surface area contributed by atoms with Crippen LogP contribution in [0.4, 0.5) is 18.9 Å². The Labute approximate surface area is 172 Å². The lowest BCUT2D eigenvalue weighted by atomic mass is 9.90. The van der Waals surface area contributed by atoms with Gasteiger partial charge in [0.2, 0.25) is 0 Å². The molecule has 0 aliphatic carbocycles. The average molecular weight is 415 g/mol. The van der Waals surface area contributed by atoms with Crippen molar-refractivity contribution in [3.05, 3.63) is 60.2 Å². The number of benzene rings is 2. The van der Waals surface area contributed by atoms with E-state index < -0.39 is 6.36 Å². The quantitative estimate of drug-likeness (QED) is 0.504. The molecule has 0 bridgehead atoms. The first-order chi connectivity index (χ1) is 14.4. The Morgan fingerprint density at radius 1 is 1.03 bits per heavy atom. The van der Waals surface area contributed by atoms with Gasteiger partial charge in [-0.15, -0.1) is 13.2 Å². The van der Waals surface area contributed by atoms with Gasteiger partial charge >= 0.3 is 6.36 Å². The second kappa shape index (κ2) is 8.42. The third-order valence-electron chi connectivity index (χ3n) is 5.62. The summed E-state index contributed by atoms with van der Waals surface area (Å²) in [5.74, 6) is 0.137. The Hall–Kier alpha value is -2.96. The molecular formula is C23H22F3N2O2. The molecule has 0 atom stereocenters. The summed E-state index contributed by atoms with van der Waals surface area (Å²) in [6, 6.07) is 15.4. The third kappa shape index (κ3) is 4.96. The zero-order valence-corrected chi connectivity index (χ0v) is 16.4. The van der Waals surface area contributed by atoms with Crippen molar-refractivity contribution in [1.29, 1.82) is 0 Å². The van der Waals surface area contributed by atoms with Crippen LogP contribution in [0.25, 0.3) is 10.9 Å². The molecule has 1 radical (unpaired) electrons. The van der Waals surface area contributed by atoms with Gasteiger partial charge in [0.15, 0.2) is 0 Å². The first kappa shape index (κ1) is 20.3. The minimum absolute atomic E-state index is 0.193. The number of pyridine rings is 1. The molecule has 4 nitrogen and oxygen atoms in total. The van der Waals surface area contributed by atoms with Crippen LogP contribution in [0, 0.1) is 5.92 Å². The van der Waals surface area contributed by atoms with Gasteiger partial charge in [0.25, 0.3) is 5.88 Å². The summed E-state index contributed by atoms with van der Waals surface area (Å²) in [5.41, 5.74) is 2.67. The molecule has 0 N–H and O–H groups in total. The lowest BCUT2D eigenvalue weighted by molar-refractivity contribution is -0.274. The van der Waals surface area contributed by atoms with E-state index in [9.17, 15) is 18.3 Å². The highest BCUT2D eigenvalue weighted by molar-refractivity contribution is 5.92. The SMILES string of the molecule is [O]c1cc(N2CCC(CCc3ccc(OC(F)(F)F)cc3)CC2)c2ccccc2n1. The number of halogens is 3. The molecule has 1 fully saturated rings. The normalized spacial score (nSPS) is 15.5. The number of rotatable bonds is 5.